The zero-order chi connectivity index (χ0) is 19.9. The molecule has 0 bridgehead atoms. The molecule has 0 fully saturated rings. The maximum atomic E-state index is 13.6. The number of aromatic nitrogens is 3. The zero-order valence-electron chi connectivity index (χ0n) is 16.0. The fourth-order valence-electron chi connectivity index (χ4n) is 2.84. The normalized spacial score (nSPS) is 10.8. The van der Waals surface area contributed by atoms with E-state index in [0.717, 1.165) is 29.9 Å². The monoisotopic (exact) mass is 398 g/mol. The average molecular weight is 399 g/mol. The van der Waals surface area contributed by atoms with Crippen molar-refractivity contribution >= 4 is 17.7 Å². The van der Waals surface area contributed by atoms with E-state index in [4.69, 9.17) is 0 Å². The van der Waals surface area contributed by atoms with Crippen LogP contribution in [0.2, 0.25) is 0 Å². The van der Waals surface area contributed by atoms with Crippen LogP contribution in [0.25, 0.3) is 11.4 Å². The van der Waals surface area contributed by atoms with Crippen LogP contribution < -0.4 is 5.32 Å². The van der Waals surface area contributed by atoms with Gasteiger partial charge in [-0.15, -0.1) is 10.2 Å². The molecule has 0 aliphatic heterocycles. The van der Waals surface area contributed by atoms with E-state index in [-0.39, 0.29) is 24.0 Å². The van der Waals surface area contributed by atoms with E-state index in [1.165, 1.54) is 17.8 Å². The maximum absolute atomic E-state index is 13.6. The number of carbonyl (C=O) groups excluding carboxylic acids is 1. The number of benzene rings is 2. The van der Waals surface area contributed by atoms with Gasteiger partial charge in [0.05, 0.1) is 5.75 Å². The molecule has 2 aromatic carbocycles. The molecule has 0 aliphatic rings. The lowest BCUT2D eigenvalue weighted by Crippen LogP contribution is -2.25. The summed E-state index contributed by atoms with van der Waals surface area (Å²) in [6.45, 7) is 5.08. The number of nitrogens with zero attached hydrogens (tertiary/aromatic N) is 3. The van der Waals surface area contributed by atoms with Crippen LogP contribution in [0.15, 0.2) is 53.7 Å². The van der Waals surface area contributed by atoms with Crippen LogP contribution in [-0.4, -0.2) is 26.4 Å². The van der Waals surface area contributed by atoms with Crippen LogP contribution in [0.3, 0.4) is 0 Å². The first kappa shape index (κ1) is 20.1. The molecule has 1 aromatic heterocycles. The van der Waals surface area contributed by atoms with Gasteiger partial charge in [-0.05, 0) is 25.5 Å². The smallest absolute Gasteiger partial charge is 0.230 e. The number of nitrogens with one attached hydrogen (secondary N) is 1. The van der Waals surface area contributed by atoms with Gasteiger partial charge in [-0.2, -0.15) is 0 Å². The summed E-state index contributed by atoms with van der Waals surface area (Å²) in [6.07, 6.45) is 0.934. The summed E-state index contributed by atoms with van der Waals surface area (Å²) in [5.41, 5.74) is 2.64. The van der Waals surface area contributed by atoms with Crippen LogP contribution in [-0.2, 0) is 17.9 Å². The van der Waals surface area contributed by atoms with Gasteiger partial charge in [-0.3, -0.25) is 4.79 Å². The van der Waals surface area contributed by atoms with Gasteiger partial charge < -0.3 is 9.88 Å². The van der Waals surface area contributed by atoms with Crippen molar-refractivity contribution in [3.05, 3.63) is 65.5 Å². The van der Waals surface area contributed by atoms with E-state index in [0.29, 0.717) is 10.7 Å². The van der Waals surface area contributed by atoms with Crippen molar-refractivity contribution in [3.8, 4) is 11.4 Å². The molecule has 1 N–H and O–H groups in total. The first-order valence-corrected chi connectivity index (χ1v) is 10.2. The van der Waals surface area contributed by atoms with E-state index in [1.807, 2.05) is 29.7 Å². The number of amides is 1. The van der Waals surface area contributed by atoms with E-state index in [1.54, 1.807) is 18.2 Å². The second-order valence-electron chi connectivity index (χ2n) is 6.48. The lowest BCUT2D eigenvalue weighted by molar-refractivity contribution is -0.118. The first-order valence-electron chi connectivity index (χ1n) is 9.21. The van der Waals surface area contributed by atoms with Gasteiger partial charge in [-0.25, -0.2) is 4.39 Å². The molecule has 28 heavy (non-hydrogen) atoms. The molecule has 1 amide bonds. The predicted octanol–water partition coefficient (Wildman–Crippen LogP) is 4.21. The molecule has 146 valence electrons. The lowest BCUT2D eigenvalue weighted by atomic mass is 10.1. The standard InChI is InChI=1S/C21H23FN4OS/c1-3-11-26-20(16-9-6-7-15(2)12-16)24-25-21(26)28-14-19(27)23-13-17-8-4-5-10-18(17)22/h4-10,12H,3,11,13-14H2,1-2H3,(H,23,27). The number of carbonyl (C=O) groups is 1. The van der Waals surface area contributed by atoms with Crippen molar-refractivity contribution < 1.29 is 9.18 Å². The molecule has 0 atom stereocenters. The molecule has 1 heterocycles. The van der Waals surface area contributed by atoms with E-state index < -0.39 is 0 Å². The first-order chi connectivity index (χ1) is 13.6. The maximum Gasteiger partial charge on any atom is 0.230 e. The van der Waals surface area contributed by atoms with Crippen molar-refractivity contribution in [1.82, 2.24) is 20.1 Å². The van der Waals surface area contributed by atoms with E-state index in [2.05, 4.69) is 28.5 Å². The Labute approximate surface area is 168 Å². The molecule has 3 aromatic rings. The summed E-state index contributed by atoms with van der Waals surface area (Å²) in [4.78, 5) is 12.2. The summed E-state index contributed by atoms with van der Waals surface area (Å²) in [7, 11) is 0. The predicted molar refractivity (Wildman–Crippen MR) is 109 cm³/mol. The molecule has 7 heteroatoms. The molecule has 0 saturated carbocycles. The van der Waals surface area contributed by atoms with Crippen molar-refractivity contribution in [2.24, 2.45) is 0 Å². The lowest BCUT2D eigenvalue weighted by Gasteiger charge is -2.10. The van der Waals surface area contributed by atoms with Crippen LogP contribution in [0.5, 0.6) is 0 Å². The second-order valence-corrected chi connectivity index (χ2v) is 7.43. The van der Waals surface area contributed by atoms with Gasteiger partial charge in [0, 0.05) is 24.2 Å². The largest absolute Gasteiger partial charge is 0.351 e. The number of hydrogen-bond donors (Lipinski definition) is 1. The number of aryl methyl sites for hydroxylation is 1. The zero-order valence-corrected chi connectivity index (χ0v) is 16.8. The number of thioether (sulfide) groups is 1. The Balaban J connectivity index is 1.65. The molecule has 3 rings (SSSR count). The molecular weight excluding hydrogens is 375 g/mol. The quantitative estimate of drug-likeness (QED) is 0.578. The molecule has 0 saturated heterocycles. The van der Waals surface area contributed by atoms with Crippen LogP contribution in [0.4, 0.5) is 4.39 Å². The van der Waals surface area contributed by atoms with Crippen molar-refractivity contribution in [1.29, 1.82) is 0 Å². The van der Waals surface area contributed by atoms with Gasteiger partial charge in [0.1, 0.15) is 5.82 Å². The Morgan fingerprint density at radius 1 is 1.18 bits per heavy atom. The highest BCUT2D eigenvalue weighted by molar-refractivity contribution is 7.99. The third-order valence-electron chi connectivity index (χ3n) is 4.21. The minimum Gasteiger partial charge on any atom is -0.351 e. The minimum atomic E-state index is -0.319. The van der Waals surface area contributed by atoms with E-state index in [9.17, 15) is 9.18 Å². The SMILES string of the molecule is CCCn1c(SCC(=O)NCc2ccccc2F)nnc1-c1cccc(C)c1. The summed E-state index contributed by atoms with van der Waals surface area (Å²) in [5, 5.41) is 12.1. The van der Waals surface area contributed by atoms with Crippen LogP contribution >= 0.6 is 11.8 Å². The Hall–Kier alpha value is -2.67. The average Bonchev–Trinajstić information content (AvgIpc) is 3.09. The van der Waals surface area contributed by atoms with E-state index >= 15 is 0 Å². The van der Waals surface area contributed by atoms with Gasteiger partial charge in [0.15, 0.2) is 11.0 Å². The summed E-state index contributed by atoms with van der Waals surface area (Å²) in [6, 6.07) is 14.6. The molecular formula is C21H23FN4OS. The van der Waals surface area contributed by atoms with Crippen molar-refractivity contribution in [2.45, 2.75) is 38.5 Å². The third-order valence-corrected chi connectivity index (χ3v) is 5.17. The fraction of sp³-hybridized carbons (Fsp3) is 0.286. The highest BCUT2D eigenvalue weighted by Crippen LogP contribution is 2.25. The van der Waals surface area contributed by atoms with Crippen molar-refractivity contribution in [2.75, 3.05) is 5.75 Å². The fourth-order valence-corrected chi connectivity index (χ4v) is 3.63. The number of rotatable bonds is 8. The summed E-state index contributed by atoms with van der Waals surface area (Å²) in [5.74, 6) is 0.515. The summed E-state index contributed by atoms with van der Waals surface area (Å²) < 4.78 is 15.7. The minimum absolute atomic E-state index is 0.169. The highest BCUT2D eigenvalue weighted by Gasteiger charge is 2.15. The number of hydrogen-bond acceptors (Lipinski definition) is 4. The Morgan fingerprint density at radius 2 is 2.00 bits per heavy atom. The number of halogens is 1. The topological polar surface area (TPSA) is 59.8 Å². The van der Waals surface area contributed by atoms with Gasteiger partial charge in [0.2, 0.25) is 5.91 Å². The van der Waals surface area contributed by atoms with Crippen LogP contribution in [0.1, 0.15) is 24.5 Å². The summed E-state index contributed by atoms with van der Waals surface area (Å²) >= 11 is 1.34. The van der Waals surface area contributed by atoms with Gasteiger partial charge in [0.25, 0.3) is 0 Å². The Bertz CT molecular complexity index is 957. The Kier molecular flexibility index (Phi) is 6.81. The molecule has 0 unspecified atom stereocenters. The van der Waals surface area contributed by atoms with Crippen LogP contribution in [0, 0.1) is 12.7 Å². The molecule has 0 spiro atoms. The Morgan fingerprint density at radius 3 is 2.75 bits per heavy atom. The molecule has 0 radical (unpaired) electrons. The van der Waals surface area contributed by atoms with Gasteiger partial charge in [-0.1, -0.05) is 60.6 Å². The van der Waals surface area contributed by atoms with Crippen molar-refractivity contribution in [3.63, 3.8) is 0 Å². The molecule has 5 nitrogen and oxygen atoms in total. The third kappa shape index (κ3) is 4.98. The highest BCUT2D eigenvalue weighted by atomic mass is 32.2. The van der Waals surface area contributed by atoms with Gasteiger partial charge >= 0.3 is 0 Å². The second kappa shape index (κ2) is 9.50. The molecule has 0 aliphatic carbocycles.